The molecule has 0 bridgehead atoms. The van der Waals surface area contributed by atoms with Crippen molar-refractivity contribution in [3.8, 4) is 0 Å². The third kappa shape index (κ3) is 5.34. The summed E-state index contributed by atoms with van der Waals surface area (Å²) in [6.07, 6.45) is -1.05. The molecule has 0 aliphatic carbocycles. The van der Waals surface area contributed by atoms with Crippen molar-refractivity contribution < 1.29 is 23.3 Å². The van der Waals surface area contributed by atoms with E-state index in [-0.39, 0.29) is 11.3 Å². The first-order valence-corrected chi connectivity index (χ1v) is 9.75. The van der Waals surface area contributed by atoms with Crippen molar-refractivity contribution >= 4 is 34.1 Å². The van der Waals surface area contributed by atoms with E-state index in [0.29, 0.717) is 21.9 Å². The molecule has 0 aliphatic rings. The minimum Gasteiger partial charge on any atom is -0.449 e. The minimum absolute atomic E-state index is 0.0710. The molecule has 7 heteroatoms. The summed E-state index contributed by atoms with van der Waals surface area (Å²) in [6.45, 7) is 4.67. The van der Waals surface area contributed by atoms with E-state index in [4.69, 9.17) is 4.74 Å². The van der Waals surface area contributed by atoms with E-state index in [1.54, 1.807) is 49.4 Å². The number of anilines is 1. The van der Waals surface area contributed by atoms with Gasteiger partial charge in [-0.1, -0.05) is 19.1 Å². The van der Waals surface area contributed by atoms with Gasteiger partial charge < -0.3 is 10.1 Å². The van der Waals surface area contributed by atoms with Crippen LogP contribution in [0.1, 0.15) is 41.5 Å². The lowest BCUT2D eigenvalue weighted by molar-refractivity contribution is -0.123. The molecule has 27 heavy (non-hydrogen) atoms. The first kappa shape index (κ1) is 20.5. The van der Waals surface area contributed by atoms with Crippen LogP contribution in [0.5, 0.6) is 0 Å². The van der Waals surface area contributed by atoms with Crippen molar-refractivity contribution in [1.29, 1.82) is 0 Å². The van der Waals surface area contributed by atoms with Crippen LogP contribution in [-0.4, -0.2) is 33.7 Å². The Kier molecular flexibility index (Phi) is 7.01. The highest BCUT2D eigenvalue weighted by atomic mass is 32.2. The van der Waals surface area contributed by atoms with E-state index in [9.17, 15) is 18.6 Å². The van der Waals surface area contributed by atoms with Crippen LogP contribution in [0.2, 0.25) is 0 Å². The second-order valence-corrected chi connectivity index (χ2v) is 7.51. The lowest BCUT2D eigenvalue weighted by atomic mass is 10.1. The van der Waals surface area contributed by atoms with Crippen LogP contribution in [0.15, 0.2) is 53.4 Å². The first-order chi connectivity index (χ1) is 12.8. The SMILES string of the molecule is CC[S@@](=O)c1ccccc1C(=O)O[C@@H](C)C(=O)Nc1ccc(C(C)=O)cc1. The highest BCUT2D eigenvalue weighted by Gasteiger charge is 2.22. The molecule has 0 fully saturated rings. The van der Waals surface area contributed by atoms with Gasteiger partial charge in [-0.05, 0) is 50.2 Å². The van der Waals surface area contributed by atoms with Crippen LogP contribution in [0, 0.1) is 0 Å². The maximum atomic E-state index is 12.4. The molecule has 0 saturated heterocycles. The number of carbonyl (C=O) groups is 3. The quantitative estimate of drug-likeness (QED) is 0.582. The topological polar surface area (TPSA) is 89.5 Å². The van der Waals surface area contributed by atoms with Gasteiger partial charge in [0.25, 0.3) is 5.91 Å². The fourth-order valence-corrected chi connectivity index (χ4v) is 3.24. The van der Waals surface area contributed by atoms with Crippen molar-refractivity contribution in [2.75, 3.05) is 11.1 Å². The summed E-state index contributed by atoms with van der Waals surface area (Å²) in [7, 11) is -1.31. The van der Waals surface area contributed by atoms with E-state index in [1.807, 2.05) is 0 Å². The normalized spacial score (nSPS) is 12.7. The van der Waals surface area contributed by atoms with Gasteiger partial charge in [-0.3, -0.25) is 13.8 Å². The van der Waals surface area contributed by atoms with Crippen molar-refractivity contribution in [3.05, 3.63) is 59.7 Å². The molecule has 1 amide bonds. The lowest BCUT2D eigenvalue weighted by Gasteiger charge is -2.15. The molecule has 0 aromatic heterocycles. The molecule has 2 rings (SSSR count). The fourth-order valence-electron chi connectivity index (χ4n) is 2.30. The predicted molar refractivity (Wildman–Crippen MR) is 103 cm³/mol. The molecule has 0 saturated carbocycles. The van der Waals surface area contributed by atoms with Crippen LogP contribution in [0.4, 0.5) is 5.69 Å². The molecule has 2 atom stereocenters. The number of benzene rings is 2. The van der Waals surface area contributed by atoms with Gasteiger partial charge in [0, 0.05) is 17.0 Å². The maximum absolute atomic E-state index is 12.4. The number of rotatable bonds is 7. The number of hydrogen-bond donors (Lipinski definition) is 1. The van der Waals surface area contributed by atoms with Crippen LogP contribution >= 0.6 is 0 Å². The van der Waals surface area contributed by atoms with Crippen LogP contribution < -0.4 is 5.32 Å². The van der Waals surface area contributed by atoms with Gasteiger partial charge >= 0.3 is 5.97 Å². The Hall–Kier alpha value is -2.80. The van der Waals surface area contributed by atoms with Gasteiger partial charge in [-0.2, -0.15) is 0 Å². The Morgan fingerprint density at radius 3 is 2.30 bits per heavy atom. The Balaban J connectivity index is 2.05. The van der Waals surface area contributed by atoms with E-state index in [1.165, 1.54) is 19.9 Å². The van der Waals surface area contributed by atoms with E-state index >= 15 is 0 Å². The summed E-state index contributed by atoms with van der Waals surface area (Å²) >= 11 is 0. The number of esters is 1. The summed E-state index contributed by atoms with van der Waals surface area (Å²) in [6, 6.07) is 12.9. The van der Waals surface area contributed by atoms with Crippen molar-refractivity contribution in [2.24, 2.45) is 0 Å². The third-order valence-electron chi connectivity index (χ3n) is 3.83. The summed E-state index contributed by atoms with van der Waals surface area (Å²) in [5, 5.41) is 2.63. The molecule has 1 N–H and O–H groups in total. The van der Waals surface area contributed by atoms with E-state index in [0.717, 1.165) is 0 Å². The van der Waals surface area contributed by atoms with E-state index in [2.05, 4.69) is 5.32 Å². The van der Waals surface area contributed by atoms with Crippen molar-refractivity contribution in [1.82, 2.24) is 0 Å². The number of ether oxygens (including phenoxy) is 1. The number of Topliss-reactive ketones (excluding diaryl/α,β-unsaturated/α-hetero) is 1. The Bertz CT molecular complexity index is 876. The van der Waals surface area contributed by atoms with Gasteiger partial charge in [0.2, 0.25) is 0 Å². The van der Waals surface area contributed by atoms with Crippen LogP contribution in [0.3, 0.4) is 0 Å². The Morgan fingerprint density at radius 2 is 1.70 bits per heavy atom. The highest BCUT2D eigenvalue weighted by Crippen LogP contribution is 2.17. The molecule has 2 aromatic carbocycles. The van der Waals surface area contributed by atoms with Crippen LogP contribution in [-0.2, 0) is 20.3 Å². The summed E-state index contributed by atoms with van der Waals surface area (Å²) in [5.41, 5.74) is 1.21. The standard InChI is InChI=1S/C20H21NO5S/c1-4-27(25)18-8-6-5-7-17(18)20(24)26-14(3)19(23)21-16-11-9-15(10-12-16)13(2)22/h5-12,14H,4H2,1-3H3,(H,21,23)/t14-,27+/m0/s1. The van der Waals surface area contributed by atoms with Gasteiger partial charge in [0.05, 0.1) is 21.3 Å². The monoisotopic (exact) mass is 387 g/mol. The van der Waals surface area contributed by atoms with Gasteiger partial charge in [0.15, 0.2) is 11.9 Å². The minimum atomic E-state index is -1.31. The highest BCUT2D eigenvalue weighted by molar-refractivity contribution is 7.85. The maximum Gasteiger partial charge on any atom is 0.340 e. The number of ketones is 1. The van der Waals surface area contributed by atoms with Crippen LogP contribution in [0.25, 0.3) is 0 Å². The zero-order valence-electron chi connectivity index (χ0n) is 15.4. The van der Waals surface area contributed by atoms with Gasteiger partial charge in [0.1, 0.15) is 0 Å². The Labute approximate surface area is 160 Å². The molecule has 0 unspecified atom stereocenters. The summed E-state index contributed by atoms with van der Waals surface area (Å²) in [4.78, 5) is 36.3. The van der Waals surface area contributed by atoms with Crippen molar-refractivity contribution in [3.63, 3.8) is 0 Å². The van der Waals surface area contributed by atoms with Gasteiger partial charge in [-0.25, -0.2) is 4.79 Å². The first-order valence-electron chi connectivity index (χ1n) is 8.43. The zero-order chi connectivity index (χ0) is 20.0. The summed E-state index contributed by atoms with van der Waals surface area (Å²) < 4.78 is 17.3. The van der Waals surface area contributed by atoms with Crippen molar-refractivity contribution in [2.45, 2.75) is 31.8 Å². The second-order valence-electron chi connectivity index (χ2n) is 5.80. The molecule has 0 aliphatic heterocycles. The molecule has 0 heterocycles. The largest absolute Gasteiger partial charge is 0.449 e. The molecule has 2 aromatic rings. The lowest BCUT2D eigenvalue weighted by Crippen LogP contribution is -2.30. The zero-order valence-corrected chi connectivity index (χ0v) is 16.2. The summed E-state index contributed by atoms with van der Waals surface area (Å²) in [5.74, 6) is -0.912. The third-order valence-corrected chi connectivity index (χ3v) is 5.20. The average Bonchev–Trinajstić information content (AvgIpc) is 2.67. The average molecular weight is 387 g/mol. The number of carbonyl (C=O) groups excluding carboxylic acids is 3. The van der Waals surface area contributed by atoms with Gasteiger partial charge in [-0.15, -0.1) is 0 Å². The molecule has 142 valence electrons. The second kappa shape index (κ2) is 9.23. The smallest absolute Gasteiger partial charge is 0.340 e. The van der Waals surface area contributed by atoms with E-state index < -0.39 is 28.8 Å². The fraction of sp³-hybridized carbons (Fsp3) is 0.250. The number of amides is 1. The molecule has 0 spiro atoms. The molecular formula is C20H21NO5S. The number of nitrogens with one attached hydrogen (secondary N) is 1. The molecule has 0 radical (unpaired) electrons. The Morgan fingerprint density at radius 1 is 1.07 bits per heavy atom. The number of hydrogen-bond acceptors (Lipinski definition) is 5. The molecular weight excluding hydrogens is 366 g/mol. The predicted octanol–water partition coefficient (Wildman–Crippen LogP) is 3.20. The molecule has 6 nitrogen and oxygen atoms in total.